The fraction of sp³-hybridized carbons (Fsp3) is 0.672. The number of phenols is 3. The van der Waals surface area contributed by atoms with Crippen LogP contribution in [0.1, 0.15) is 207 Å². The van der Waals surface area contributed by atoms with E-state index >= 15 is 0 Å². The Kier molecular flexibility index (Phi) is 22.8. The molecule has 0 radical (unpaired) electrons. The highest BCUT2D eigenvalue weighted by Crippen LogP contribution is 2.64. The molecule has 0 heterocycles. The van der Waals surface area contributed by atoms with Gasteiger partial charge < -0.3 is 30.6 Å². The van der Waals surface area contributed by atoms with E-state index in [9.17, 15) is 20.4 Å². The first-order valence-electron chi connectivity index (χ1n) is 30.2. The Labute approximate surface area is 458 Å². The first-order chi connectivity index (χ1) is 35.4. The largest absolute Gasteiger partial charge is 0.508 e. The summed E-state index contributed by atoms with van der Waals surface area (Å²) >= 11 is 1.31. The molecule has 0 aromatic heterocycles. The van der Waals surface area contributed by atoms with Gasteiger partial charge in [0.1, 0.15) is 17.2 Å². The number of hydrogen-bond acceptors (Lipinski definition) is 6. The van der Waals surface area contributed by atoms with Crippen LogP contribution >= 0.6 is 0 Å². The molecule has 7 saturated carbocycles. The molecule has 7 heteroatoms. The number of aromatic hydroxyl groups is 3. The third-order valence-electron chi connectivity index (χ3n) is 20.3. The van der Waals surface area contributed by atoms with Crippen molar-refractivity contribution in [2.75, 3.05) is 0 Å². The monoisotopic (exact) mass is 1030 g/mol. The van der Waals surface area contributed by atoms with Crippen molar-refractivity contribution in [3.8, 4) is 17.2 Å². The minimum atomic E-state index is 0.00608. The van der Waals surface area contributed by atoms with E-state index in [2.05, 4.69) is 53.4 Å². The second-order valence-electron chi connectivity index (χ2n) is 25.7. The van der Waals surface area contributed by atoms with E-state index in [1.807, 2.05) is 54.6 Å². The molecule has 74 heavy (non-hydrogen) atoms. The van der Waals surface area contributed by atoms with Crippen molar-refractivity contribution in [2.45, 2.75) is 232 Å². The maximum absolute atomic E-state index is 10.3. The molecular weight excluding hydrogens is 928 g/mol. The smallest absolute Gasteiger partial charge is 0.207 e. The van der Waals surface area contributed by atoms with E-state index in [0.29, 0.717) is 45.3 Å². The summed E-state index contributed by atoms with van der Waals surface area (Å²) in [4.78, 5) is 0. The molecule has 4 aromatic carbocycles. The van der Waals surface area contributed by atoms with Crippen LogP contribution in [-0.4, -0.2) is 65.2 Å². The second kappa shape index (κ2) is 28.0. The van der Waals surface area contributed by atoms with Gasteiger partial charge in [0.05, 0.1) is 18.3 Å². The number of fused-ring (bicyclic) bond motifs is 8. The SMILES string of the molecule is CC1(C)CCCC2(C)C3CCCC(O)C3CCC12.CC1(C)CCCC2(C)c3cccc(O)c3CCC12.OC1CCCC2CCCCC12.OC1CCCCC1.Oc1cccc2ccccc12.Oc1ccccc1.[CH3][AlH2]. The van der Waals surface area contributed by atoms with Crippen molar-refractivity contribution >= 4 is 27.1 Å². The molecule has 0 bridgehead atoms. The van der Waals surface area contributed by atoms with Crippen LogP contribution in [0.2, 0.25) is 5.79 Å². The topological polar surface area (TPSA) is 121 Å². The summed E-state index contributed by atoms with van der Waals surface area (Å²) in [5.41, 5.74) is 4.40. The maximum atomic E-state index is 10.3. The first kappa shape index (κ1) is 60.2. The minimum Gasteiger partial charge on any atom is -0.508 e. The van der Waals surface area contributed by atoms with Crippen LogP contribution in [-0.2, 0) is 11.8 Å². The van der Waals surface area contributed by atoms with Gasteiger partial charge in [-0.2, -0.15) is 0 Å². The molecule has 0 aliphatic heterocycles. The molecular formula is C67H103AlO6. The summed E-state index contributed by atoms with van der Waals surface area (Å²) in [6.45, 7) is 14.8. The predicted molar refractivity (Wildman–Crippen MR) is 313 cm³/mol. The molecule has 4 aromatic rings. The number of para-hydroxylation sites is 1. The van der Waals surface area contributed by atoms with Gasteiger partial charge in [-0.25, -0.2) is 0 Å². The van der Waals surface area contributed by atoms with E-state index in [1.54, 1.807) is 30.3 Å². The molecule has 10 atom stereocenters. The van der Waals surface area contributed by atoms with Gasteiger partial charge in [0.25, 0.3) is 0 Å². The Hall–Kier alpha value is -3.05. The lowest BCUT2D eigenvalue weighted by atomic mass is 9.44. The fourth-order valence-corrected chi connectivity index (χ4v) is 16.6. The number of aliphatic hydroxyl groups is 3. The lowest BCUT2D eigenvalue weighted by Gasteiger charge is -2.61. The molecule has 410 valence electrons. The van der Waals surface area contributed by atoms with Crippen LogP contribution in [0.15, 0.2) is 91.0 Å². The highest BCUT2D eigenvalue weighted by atomic mass is 27.0. The summed E-state index contributed by atoms with van der Waals surface area (Å²) in [6.07, 6.45) is 32.0. The van der Waals surface area contributed by atoms with Crippen LogP contribution in [0, 0.1) is 51.8 Å². The number of benzene rings is 4. The van der Waals surface area contributed by atoms with Crippen molar-refractivity contribution in [3.63, 3.8) is 0 Å². The third-order valence-corrected chi connectivity index (χ3v) is 20.3. The molecule has 10 unspecified atom stereocenters. The molecule has 6 nitrogen and oxygen atoms in total. The minimum absolute atomic E-state index is 0.00608. The highest BCUT2D eigenvalue weighted by molar-refractivity contribution is 6.05. The molecule has 8 aliphatic carbocycles. The summed E-state index contributed by atoms with van der Waals surface area (Å²) < 4.78 is 0. The van der Waals surface area contributed by atoms with Crippen molar-refractivity contribution in [2.24, 2.45) is 51.8 Å². The van der Waals surface area contributed by atoms with Crippen LogP contribution in [0.25, 0.3) is 10.8 Å². The van der Waals surface area contributed by atoms with E-state index in [4.69, 9.17) is 10.2 Å². The Balaban J connectivity index is 0.000000149. The Morgan fingerprint density at radius 2 is 1.01 bits per heavy atom. The predicted octanol–water partition coefficient (Wildman–Crippen LogP) is 16.1. The third kappa shape index (κ3) is 15.2. The highest BCUT2D eigenvalue weighted by Gasteiger charge is 2.56. The van der Waals surface area contributed by atoms with Crippen LogP contribution in [0.5, 0.6) is 17.2 Å². The average Bonchev–Trinajstić information content (AvgIpc) is 3.39. The van der Waals surface area contributed by atoms with Gasteiger partial charge in [-0.1, -0.05) is 172 Å². The molecule has 6 N–H and O–H groups in total. The van der Waals surface area contributed by atoms with Crippen molar-refractivity contribution in [1.29, 1.82) is 0 Å². The maximum Gasteiger partial charge on any atom is 0.207 e. The van der Waals surface area contributed by atoms with E-state index in [1.165, 1.54) is 156 Å². The Bertz CT molecular complexity index is 2250. The molecule has 12 rings (SSSR count). The zero-order chi connectivity index (χ0) is 53.5. The quantitative estimate of drug-likeness (QED) is 0.0976. The van der Waals surface area contributed by atoms with Gasteiger partial charge in [0, 0.05) is 5.39 Å². The molecule has 0 saturated heterocycles. The summed E-state index contributed by atoms with van der Waals surface area (Å²) in [6, 6.07) is 28.1. The van der Waals surface area contributed by atoms with Crippen LogP contribution < -0.4 is 0 Å². The van der Waals surface area contributed by atoms with Crippen molar-refractivity contribution < 1.29 is 30.6 Å². The van der Waals surface area contributed by atoms with E-state index in [-0.39, 0.29) is 23.7 Å². The van der Waals surface area contributed by atoms with Crippen molar-refractivity contribution in [3.05, 3.63) is 102 Å². The van der Waals surface area contributed by atoms with Gasteiger partial charge in [-0.05, 0) is 194 Å². The van der Waals surface area contributed by atoms with Crippen molar-refractivity contribution in [1.82, 2.24) is 0 Å². The van der Waals surface area contributed by atoms with E-state index < -0.39 is 0 Å². The second-order valence-corrected chi connectivity index (χ2v) is 25.7. The number of hydrogen-bond donors (Lipinski definition) is 6. The molecule has 0 amide bonds. The first-order valence-corrected chi connectivity index (χ1v) is 32.2. The van der Waals surface area contributed by atoms with Crippen LogP contribution in [0.3, 0.4) is 0 Å². The summed E-state index contributed by atoms with van der Waals surface area (Å²) in [5, 5.41) is 59.0. The fourth-order valence-electron chi connectivity index (χ4n) is 16.6. The number of phenolic OH excluding ortho intramolecular Hbond substituents is 3. The Morgan fingerprint density at radius 1 is 0.446 bits per heavy atom. The summed E-state index contributed by atoms with van der Waals surface area (Å²) in [5.74, 6) is 7.96. The summed E-state index contributed by atoms with van der Waals surface area (Å²) in [7, 11) is 0. The van der Waals surface area contributed by atoms with E-state index in [0.717, 1.165) is 66.5 Å². The lowest BCUT2D eigenvalue weighted by molar-refractivity contribution is -0.137. The zero-order valence-corrected chi connectivity index (χ0v) is 49.7. The normalized spacial score (nSPS) is 32.1. The molecule has 8 aliphatic rings. The lowest BCUT2D eigenvalue weighted by Crippen LogP contribution is -2.54. The number of aliphatic hydroxyl groups excluding tert-OH is 3. The van der Waals surface area contributed by atoms with Gasteiger partial charge >= 0.3 is 0 Å². The standard InChI is InChI=1S/C17H30O.C17H24O.C10H18O.C10H8O.C6H12O.C6H6O.CH3.Al.2H/c2*1-16(2)10-5-11-17(3)13-6-4-7-14(18)12(13)8-9-15(16)17;2*11-10-7-3-5-8-4-1-2-6-9(8)10;2*7-6-4-2-1-3-5-6;;;;/h12-15,18H,4-11H2,1-3H3;4,6-7,15,18H,5,8-11H2,1-3H3;8-11H,1-7H2;1-7,11H;6-7H,1-5H2;1-5,7H;1H3;;;. The number of rotatable bonds is 0. The van der Waals surface area contributed by atoms with Gasteiger partial charge in [-0.3, -0.25) is 0 Å². The molecule has 0 spiro atoms. The van der Waals surface area contributed by atoms with Crippen LogP contribution in [0.4, 0.5) is 0 Å². The van der Waals surface area contributed by atoms with Gasteiger partial charge in [0.2, 0.25) is 16.3 Å². The van der Waals surface area contributed by atoms with Gasteiger partial charge in [0.15, 0.2) is 0 Å². The Morgan fingerprint density at radius 3 is 1.66 bits per heavy atom. The molecule has 7 fully saturated rings. The average molecular weight is 1030 g/mol. The van der Waals surface area contributed by atoms with Gasteiger partial charge in [-0.15, -0.1) is 5.79 Å². The zero-order valence-electron chi connectivity index (χ0n) is 47.7.